The molecule has 21 heavy (non-hydrogen) atoms. The maximum atomic E-state index is 10.9. The molecule has 3 unspecified atom stereocenters. The fourth-order valence-electron chi connectivity index (χ4n) is 3.11. The van der Waals surface area contributed by atoms with Gasteiger partial charge in [-0.2, -0.15) is 0 Å². The van der Waals surface area contributed by atoms with Crippen molar-refractivity contribution in [3.63, 3.8) is 0 Å². The molecule has 0 aliphatic heterocycles. The topological polar surface area (TPSA) is 46.5 Å². The Morgan fingerprint density at radius 1 is 1.38 bits per heavy atom. The summed E-state index contributed by atoms with van der Waals surface area (Å²) in [6.45, 7) is 9.30. The van der Waals surface area contributed by atoms with Crippen molar-refractivity contribution in [1.29, 1.82) is 0 Å². The van der Waals surface area contributed by atoms with Gasteiger partial charge in [0, 0.05) is 0 Å². The van der Waals surface area contributed by atoms with Crippen molar-refractivity contribution in [2.75, 3.05) is 6.61 Å². The van der Waals surface area contributed by atoms with E-state index in [1.807, 2.05) is 0 Å². The molecule has 0 spiro atoms. The van der Waals surface area contributed by atoms with Gasteiger partial charge < -0.3 is 9.84 Å². The SMILES string of the molecule is CCCOc1ccc(C(C)CC2CC2C(=O)O)c(C)c1C. The summed E-state index contributed by atoms with van der Waals surface area (Å²) in [4.78, 5) is 10.9. The molecular weight excluding hydrogens is 264 g/mol. The third-order valence-corrected chi connectivity index (χ3v) is 4.67. The maximum absolute atomic E-state index is 10.9. The Balaban J connectivity index is 2.06. The molecule has 0 aromatic heterocycles. The lowest BCUT2D eigenvalue weighted by atomic mass is 9.89. The molecule has 1 fully saturated rings. The molecule has 1 aliphatic carbocycles. The van der Waals surface area contributed by atoms with Crippen LogP contribution in [0.1, 0.15) is 55.7 Å². The van der Waals surface area contributed by atoms with Crippen LogP contribution in [-0.4, -0.2) is 17.7 Å². The molecule has 0 saturated heterocycles. The molecule has 1 aliphatic rings. The van der Waals surface area contributed by atoms with Crippen LogP contribution in [0.2, 0.25) is 0 Å². The second-order valence-electron chi connectivity index (χ2n) is 6.33. The predicted octanol–water partition coefficient (Wildman–Crippen LogP) is 4.31. The summed E-state index contributed by atoms with van der Waals surface area (Å²) < 4.78 is 5.77. The van der Waals surface area contributed by atoms with E-state index in [9.17, 15) is 4.79 Å². The van der Waals surface area contributed by atoms with E-state index in [1.54, 1.807) is 0 Å². The van der Waals surface area contributed by atoms with Crippen LogP contribution in [0.3, 0.4) is 0 Å². The number of aliphatic carboxylic acids is 1. The molecule has 3 heteroatoms. The third kappa shape index (κ3) is 3.58. The van der Waals surface area contributed by atoms with Gasteiger partial charge in [0.15, 0.2) is 0 Å². The van der Waals surface area contributed by atoms with Crippen LogP contribution in [0.15, 0.2) is 12.1 Å². The summed E-state index contributed by atoms with van der Waals surface area (Å²) in [5, 5.41) is 9.01. The number of ether oxygens (including phenoxy) is 1. The van der Waals surface area contributed by atoms with Gasteiger partial charge in [0.2, 0.25) is 0 Å². The fourth-order valence-corrected chi connectivity index (χ4v) is 3.11. The molecule has 3 nitrogen and oxygen atoms in total. The highest BCUT2D eigenvalue weighted by molar-refractivity contribution is 5.73. The number of rotatable bonds is 7. The Labute approximate surface area is 127 Å². The largest absolute Gasteiger partial charge is 0.493 e. The zero-order chi connectivity index (χ0) is 15.6. The summed E-state index contributed by atoms with van der Waals surface area (Å²) in [5.41, 5.74) is 3.81. The zero-order valence-electron chi connectivity index (χ0n) is 13.5. The molecule has 116 valence electrons. The van der Waals surface area contributed by atoms with Gasteiger partial charge in [0.1, 0.15) is 5.75 Å². The summed E-state index contributed by atoms with van der Waals surface area (Å²) in [6, 6.07) is 4.21. The molecule has 0 heterocycles. The first kappa shape index (κ1) is 15.9. The normalized spacial score (nSPS) is 21.9. The van der Waals surface area contributed by atoms with Crippen LogP contribution >= 0.6 is 0 Å². The van der Waals surface area contributed by atoms with E-state index >= 15 is 0 Å². The monoisotopic (exact) mass is 290 g/mol. The van der Waals surface area contributed by atoms with Gasteiger partial charge in [-0.05, 0) is 67.7 Å². The van der Waals surface area contributed by atoms with Gasteiger partial charge in [-0.25, -0.2) is 0 Å². The van der Waals surface area contributed by atoms with E-state index in [1.165, 1.54) is 16.7 Å². The zero-order valence-corrected chi connectivity index (χ0v) is 13.5. The molecule has 1 aromatic carbocycles. The average Bonchev–Trinajstić information content (AvgIpc) is 3.19. The molecule has 1 saturated carbocycles. The molecule has 0 bridgehead atoms. The standard InChI is InChI=1S/C18H26O3/c1-5-8-21-17-7-6-15(12(3)13(17)4)11(2)9-14-10-16(14)18(19)20/h6-7,11,14,16H,5,8-10H2,1-4H3,(H,19,20). The molecule has 0 amide bonds. The highest BCUT2D eigenvalue weighted by Crippen LogP contribution is 2.45. The number of hydrogen-bond donors (Lipinski definition) is 1. The number of carbonyl (C=O) groups is 1. The maximum Gasteiger partial charge on any atom is 0.306 e. The second-order valence-corrected chi connectivity index (χ2v) is 6.33. The van der Waals surface area contributed by atoms with Gasteiger partial charge in [0.05, 0.1) is 12.5 Å². The van der Waals surface area contributed by atoms with E-state index in [0.29, 0.717) is 11.8 Å². The lowest BCUT2D eigenvalue weighted by Crippen LogP contribution is -2.05. The highest BCUT2D eigenvalue weighted by atomic mass is 16.5. The molecule has 0 radical (unpaired) electrons. The quantitative estimate of drug-likeness (QED) is 0.814. The third-order valence-electron chi connectivity index (χ3n) is 4.67. The Morgan fingerprint density at radius 2 is 2.10 bits per heavy atom. The minimum Gasteiger partial charge on any atom is -0.493 e. The van der Waals surface area contributed by atoms with Crippen LogP contribution in [0.25, 0.3) is 0 Å². The molecule has 2 rings (SSSR count). The van der Waals surface area contributed by atoms with Gasteiger partial charge in [-0.15, -0.1) is 0 Å². The highest BCUT2D eigenvalue weighted by Gasteiger charge is 2.43. The lowest BCUT2D eigenvalue weighted by Gasteiger charge is -2.19. The first-order valence-corrected chi connectivity index (χ1v) is 7.91. The van der Waals surface area contributed by atoms with E-state index in [2.05, 4.69) is 39.8 Å². The summed E-state index contributed by atoms with van der Waals surface area (Å²) >= 11 is 0. The lowest BCUT2D eigenvalue weighted by molar-refractivity contribution is -0.138. The van der Waals surface area contributed by atoms with E-state index in [4.69, 9.17) is 9.84 Å². The Hall–Kier alpha value is -1.51. The summed E-state index contributed by atoms with van der Waals surface area (Å²) in [7, 11) is 0. The average molecular weight is 290 g/mol. The Bertz CT molecular complexity index is 521. The van der Waals surface area contributed by atoms with Crippen molar-refractivity contribution in [2.45, 2.75) is 52.9 Å². The van der Waals surface area contributed by atoms with Gasteiger partial charge in [0.25, 0.3) is 0 Å². The smallest absolute Gasteiger partial charge is 0.306 e. The predicted molar refractivity (Wildman–Crippen MR) is 84.0 cm³/mol. The van der Waals surface area contributed by atoms with Crippen molar-refractivity contribution in [3.05, 3.63) is 28.8 Å². The number of carboxylic acid groups (broad SMARTS) is 1. The Morgan fingerprint density at radius 3 is 2.67 bits per heavy atom. The van der Waals surface area contributed by atoms with E-state index in [0.717, 1.165) is 31.6 Å². The molecule has 1 aromatic rings. The molecule has 1 N–H and O–H groups in total. The van der Waals surface area contributed by atoms with E-state index in [-0.39, 0.29) is 5.92 Å². The first-order valence-electron chi connectivity index (χ1n) is 7.91. The van der Waals surface area contributed by atoms with Crippen molar-refractivity contribution >= 4 is 5.97 Å². The van der Waals surface area contributed by atoms with Crippen LogP contribution in [0.4, 0.5) is 0 Å². The van der Waals surface area contributed by atoms with Crippen LogP contribution in [0.5, 0.6) is 5.75 Å². The van der Waals surface area contributed by atoms with Crippen LogP contribution < -0.4 is 4.74 Å². The molecular formula is C18H26O3. The van der Waals surface area contributed by atoms with E-state index < -0.39 is 5.97 Å². The van der Waals surface area contributed by atoms with Gasteiger partial charge >= 0.3 is 5.97 Å². The minimum atomic E-state index is -0.636. The van der Waals surface area contributed by atoms with Gasteiger partial charge in [-0.3, -0.25) is 4.79 Å². The van der Waals surface area contributed by atoms with Crippen LogP contribution in [-0.2, 0) is 4.79 Å². The summed E-state index contributed by atoms with van der Waals surface area (Å²) in [5.74, 6) is 0.982. The summed E-state index contributed by atoms with van der Waals surface area (Å²) in [6.07, 6.45) is 2.82. The Kier molecular flexibility index (Phi) is 4.92. The number of benzene rings is 1. The van der Waals surface area contributed by atoms with Gasteiger partial charge in [-0.1, -0.05) is 19.9 Å². The molecule has 3 atom stereocenters. The second kappa shape index (κ2) is 6.50. The van der Waals surface area contributed by atoms with Crippen LogP contribution in [0, 0.1) is 25.7 Å². The minimum absolute atomic E-state index is 0.110. The first-order chi connectivity index (χ1) is 9.95. The van der Waals surface area contributed by atoms with Crippen molar-refractivity contribution < 1.29 is 14.6 Å². The fraction of sp³-hybridized carbons (Fsp3) is 0.611. The van der Waals surface area contributed by atoms with Crippen molar-refractivity contribution in [1.82, 2.24) is 0 Å². The van der Waals surface area contributed by atoms with Crippen molar-refractivity contribution in [2.24, 2.45) is 11.8 Å². The number of carboxylic acids is 1. The van der Waals surface area contributed by atoms with Crippen molar-refractivity contribution in [3.8, 4) is 5.75 Å². The number of hydrogen-bond acceptors (Lipinski definition) is 2.